The highest BCUT2D eigenvalue weighted by atomic mass is 16.5. The van der Waals surface area contributed by atoms with Gasteiger partial charge in [0.2, 0.25) is 0 Å². The van der Waals surface area contributed by atoms with Gasteiger partial charge >= 0.3 is 5.97 Å². The van der Waals surface area contributed by atoms with E-state index in [-0.39, 0.29) is 11.3 Å². The fourth-order valence-corrected chi connectivity index (χ4v) is 1.47. The second-order valence-electron chi connectivity index (χ2n) is 3.61. The van der Waals surface area contributed by atoms with Crippen molar-refractivity contribution in [3.8, 4) is 17.6 Å². The predicted molar refractivity (Wildman–Crippen MR) is 64.9 cm³/mol. The lowest BCUT2D eigenvalue weighted by molar-refractivity contribution is 0.0691. The van der Waals surface area contributed by atoms with Gasteiger partial charge in [0, 0.05) is 6.42 Å². The quantitative estimate of drug-likeness (QED) is 0.751. The van der Waals surface area contributed by atoms with E-state index < -0.39 is 5.97 Å². The minimum absolute atomic E-state index is 0.0784. The molecule has 0 saturated carbocycles. The van der Waals surface area contributed by atoms with Crippen molar-refractivity contribution >= 4 is 5.97 Å². The van der Waals surface area contributed by atoms with Crippen LogP contribution in [0, 0.1) is 11.3 Å². The molecule has 5 nitrogen and oxygen atoms in total. The van der Waals surface area contributed by atoms with Crippen LogP contribution in [0.25, 0.3) is 0 Å². The summed E-state index contributed by atoms with van der Waals surface area (Å²) in [6.45, 7) is 0.363. The summed E-state index contributed by atoms with van der Waals surface area (Å²) in [4.78, 5) is 11.0. The van der Waals surface area contributed by atoms with E-state index in [1.165, 1.54) is 13.2 Å². The molecule has 0 aliphatic heterocycles. The summed E-state index contributed by atoms with van der Waals surface area (Å²) in [7, 11) is 1.46. The summed E-state index contributed by atoms with van der Waals surface area (Å²) in [6, 6.07) is 6.76. The van der Waals surface area contributed by atoms with Crippen molar-refractivity contribution in [2.75, 3.05) is 13.7 Å². The zero-order chi connectivity index (χ0) is 13.4. The van der Waals surface area contributed by atoms with Crippen LogP contribution >= 0.6 is 0 Å². The Hall–Kier alpha value is -2.22. The van der Waals surface area contributed by atoms with Crippen LogP contribution in [0.4, 0.5) is 0 Å². The highest BCUT2D eigenvalue weighted by molar-refractivity contribution is 5.92. The van der Waals surface area contributed by atoms with Crippen molar-refractivity contribution in [1.29, 1.82) is 5.26 Å². The number of rotatable bonds is 7. The van der Waals surface area contributed by atoms with Crippen LogP contribution in [-0.4, -0.2) is 24.8 Å². The van der Waals surface area contributed by atoms with E-state index in [1.807, 2.05) is 6.07 Å². The summed E-state index contributed by atoms with van der Waals surface area (Å²) < 4.78 is 10.5. The van der Waals surface area contributed by atoms with E-state index in [9.17, 15) is 4.79 Å². The average molecular weight is 249 g/mol. The number of unbranched alkanes of at least 4 members (excludes halogenated alkanes) is 2. The molecule has 1 aromatic carbocycles. The molecule has 5 heteroatoms. The third kappa shape index (κ3) is 3.67. The standard InChI is InChI=1S/C13H15NO4/c1-17-11-7-5-6-10(13(15)16)12(11)18-9-4-2-3-8-14/h5-7H,2-4,9H2,1H3,(H,15,16). The van der Waals surface area contributed by atoms with Gasteiger partial charge < -0.3 is 14.6 Å². The van der Waals surface area contributed by atoms with Crippen molar-refractivity contribution in [2.45, 2.75) is 19.3 Å². The monoisotopic (exact) mass is 249 g/mol. The Balaban J connectivity index is 2.73. The molecule has 18 heavy (non-hydrogen) atoms. The molecule has 0 amide bonds. The molecule has 0 spiro atoms. The second-order valence-corrected chi connectivity index (χ2v) is 3.61. The number of hydrogen-bond acceptors (Lipinski definition) is 4. The summed E-state index contributed by atoms with van der Waals surface area (Å²) in [5.41, 5.74) is 0.0784. The van der Waals surface area contributed by atoms with Gasteiger partial charge in [0.1, 0.15) is 5.56 Å². The van der Waals surface area contributed by atoms with Crippen LogP contribution in [-0.2, 0) is 0 Å². The van der Waals surface area contributed by atoms with Crippen molar-refractivity contribution < 1.29 is 19.4 Å². The highest BCUT2D eigenvalue weighted by Gasteiger charge is 2.15. The molecular formula is C13H15NO4. The molecule has 0 aliphatic rings. The van der Waals surface area contributed by atoms with Gasteiger partial charge in [0.05, 0.1) is 19.8 Å². The zero-order valence-electron chi connectivity index (χ0n) is 10.2. The zero-order valence-corrected chi connectivity index (χ0v) is 10.2. The van der Waals surface area contributed by atoms with Crippen LogP contribution in [0.1, 0.15) is 29.6 Å². The third-order valence-corrected chi connectivity index (χ3v) is 2.36. The van der Waals surface area contributed by atoms with Crippen molar-refractivity contribution in [3.63, 3.8) is 0 Å². The predicted octanol–water partition coefficient (Wildman–Crippen LogP) is 2.47. The van der Waals surface area contributed by atoms with Gasteiger partial charge in [0.15, 0.2) is 11.5 Å². The van der Waals surface area contributed by atoms with Gasteiger partial charge in [-0.25, -0.2) is 4.79 Å². The van der Waals surface area contributed by atoms with Crippen LogP contribution in [0.3, 0.4) is 0 Å². The largest absolute Gasteiger partial charge is 0.493 e. The van der Waals surface area contributed by atoms with Crippen molar-refractivity contribution in [2.24, 2.45) is 0 Å². The Kier molecular flexibility index (Phi) is 5.52. The molecule has 0 aliphatic carbocycles. The Labute approximate surface area is 106 Å². The molecule has 96 valence electrons. The Morgan fingerprint density at radius 2 is 2.22 bits per heavy atom. The number of hydrogen-bond donors (Lipinski definition) is 1. The molecular weight excluding hydrogens is 234 g/mol. The average Bonchev–Trinajstić information content (AvgIpc) is 2.38. The number of methoxy groups -OCH3 is 1. The maximum absolute atomic E-state index is 11.0. The first-order chi connectivity index (χ1) is 8.70. The maximum atomic E-state index is 11.0. The lowest BCUT2D eigenvalue weighted by atomic mass is 10.2. The summed E-state index contributed by atoms with van der Waals surface area (Å²) >= 11 is 0. The highest BCUT2D eigenvalue weighted by Crippen LogP contribution is 2.31. The molecule has 0 heterocycles. The minimum atomic E-state index is -1.05. The van der Waals surface area contributed by atoms with Crippen LogP contribution in [0.5, 0.6) is 11.5 Å². The molecule has 0 fully saturated rings. The number of para-hydroxylation sites is 1. The van der Waals surface area contributed by atoms with Gasteiger partial charge in [-0.15, -0.1) is 0 Å². The van der Waals surface area contributed by atoms with E-state index in [4.69, 9.17) is 19.8 Å². The van der Waals surface area contributed by atoms with Gasteiger partial charge in [0.25, 0.3) is 0 Å². The number of nitrogens with zero attached hydrogens (tertiary/aromatic N) is 1. The minimum Gasteiger partial charge on any atom is -0.493 e. The summed E-state index contributed by atoms with van der Waals surface area (Å²) in [5, 5.41) is 17.4. The van der Waals surface area contributed by atoms with Crippen molar-refractivity contribution in [3.05, 3.63) is 23.8 Å². The topological polar surface area (TPSA) is 79.6 Å². The lowest BCUT2D eigenvalue weighted by Crippen LogP contribution is -2.06. The van der Waals surface area contributed by atoms with E-state index in [0.29, 0.717) is 25.2 Å². The van der Waals surface area contributed by atoms with E-state index in [2.05, 4.69) is 0 Å². The fourth-order valence-electron chi connectivity index (χ4n) is 1.47. The molecule has 0 saturated heterocycles. The first kappa shape index (κ1) is 13.8. The van der Waals surface area contributed by atoms with Gasteiger partial charge in [-0.1, -0.05) is 6.07 Å². The summed E-state index contributed by atoms with van der Waals surface area (Å²) in [5.74, 6) is -0.416. The molecule has 0 bridgehead atoms. The first-order valence-corrected chi connectivity index (χ1v) is 5.60. The molecule has 1 N–H and O–H groups in total. The number of aromatic carboxylic acids is 1. The summed E-state index contributed by atoms with van der Waals surface area (Å²) in [6.07, 6.45) is 1.90. The molecule has 0 aromatic heterocycles. The van der Waals surface area contributed by atoms with Crippen LogP contribution in [0.15, 0.2) is 18.2 Å². The normalized spacial score (nSPS) is 9.56. The Morgan fingerprint density at radius 3 is 2.83 bits per heavy atom. The van der Waals surface area contributed by atoms with Crippen LogP contribution in [0.2, 0.25) is 0 Å². The van der Waals surface area contributed by atoms with Gasteiger partial charge in [-0.05, 0) is 25.0 Å². The van der Waals surface area contributed by atoms with E-state index >= 15 is 0 Å². The number of carboxylic acid groups (broad SMARTS) is 1. The molecule has 1 aromatic rings. The molecule has 0 unspecified atom stereocenters. The van der Waals surface area contributed by atoms with Gasteiger partial charge in [-0.3, -0.25) is 0 Å². The molecule has 1 rings (SSSR count). The number of carbonyl (C=O) groups is 1. The van der Waals surface area contributed by atoms with Crippen LogP contribution < -0.4 is 9.47 Å². The van der Waals surface area contributed by atoms with Gasteiger partial charge in [-0.2, -0.15) is 5.26 Å². The third-order valence-electron chi connectivity index (χ3n) is 2.36. The first-order valence-electron chi connectivity index (χ1n) is 5.60. The number of carboxylic acids is 1. The van der Waals surface area contributed by atoms with E-state index in [1.54, 1.807) is 12.1 Å². The second kappa shape index (κ2) is 7.17. The molecule has 0 atom stereocenters. The molecule has 0 radical (unpaired) electrons. The lowest BCUT2D eigenvalue weighted by Gasteiger charge is -2.12. The van der Waals surface area contributed by atoms with E-state index in [0.717, 1.165) is 6.42 Å². The number of nitriles is 1. The maximum Gasteiger partial charge on any atom is 0.339 e. The Bertz CT molecular complexity index is 451. The number of ether oxygens (including phenoxy) is 2. The smallest absolute Gasteiger partial charge is 0.339 e. The number of benzene rings is 1. The SMILES string of the molecule is COc1cccc(C(=O)O)c1OCCCCC#N. The van der Waals surface area contributed by atoms with Crippen molar-refractivity contribution in [1.82, 2.24) is 0 Å². The Morgan fingerprint density at radius 1 is 1.44 bits per heavy atom. The fraction of sp³-hybridized carbons (Fsp3) is 0.385.